The summed E-state index contributed by atoms with van der Waals surface area (Å²) in [4.78, 5) is 44.2. The molecule has 7 nitrogen and oxygen atoms in total. The van der Waals surface area contributed by atoms with Crippen LogP contribution in [0.2, 0.25) is 0 Å². The van der Waals surface area contributed by atoms with Crippen molar-refractivity contribution in [3.05, 3.63) is 92.8 Å². The van der Waals surface area contributed by atoms with Crippen LogP contribution in [-0.4, -0.2) is 21.2 Å². The van der Waals surface area contributed by atoms with E-state index in [9.17, 15) is 14.4 Å². The van der Waals surface area contributed by atoms with Gasteiger partial charge in [-0.25, -0.2) is 9.38 Å². The van der Waals surface area contributed by atoms with Crippen molar-refractivity contribution in [3.63, 3.8) is 0 Å². The van der Waals surface area contributed by atoms with Crippen LogP contribution in [0.4, 0.5) is 11.4 Å². The van der Waals surface area contributed by atoms with Gasteiger partial charge in [-0.05, 0) is 37.6 Å². The third-order valence-electron chi connectivity index (χ3n) is 4.84. The maximum Gasteiger partial charge on any atom is 0.274 e. The Morgan fingerprint density at radius 1 is 0.969 bits per heavy atom. The van der Waals surface area contributed by atoms with Gasteiger partial charge in [-0.1, -0.05) is 60.6 Å². The van der Waals surface area contributed by atoms with Gasteiger partial charge in [-0.15, -0.1) is 0 Å². The molecule has 2 heterocycles. The number of aromatic nitrogens is 2. The first-order valence-corrected chi connectivity index (χ1v) is 11.1. The molecule has 32 heavy (non-hydrogen) atoms. The molecule has 0 fully saturated rings. The van der Waals surface area contributed by atoms with Gasteiger partial charge in [-0.2, -0.15) is 0 Å². The SMILES string of the molecule is CCCc1cc(=O)n2c(C(=O)Nc3ccc(C)cc3)c(C(=O)Nc3ccccc3)sc2n1. The number of para-hydroxylation sites is 1. The van der Waals surface area contributed by atoms with Gasteiger partial charge in [0.15, 0.2) is 4.96 Å². The molecule has 0 radical (unpaired) electrons. The number of aryl methyl sites for hydroxylation is 2. The molecule has 162 valence electrons. The van der Waals surface area contributed by atoms with Gasteiger partial charge in [-0.3, -0.25) is 14.4 Å². The molecule has 0 aliphatic carbocycles. The number of carbonyl (C=O) groups is 2. The number of hydrogen-bond acceptors (Lipinski definition) is 5. The maximum atomic E-state index is 13.2. The normalized spacial score (nSPS) is 10.8. The van der Waals surface area contributed by atoms with Crippen molar-refractivity contribution < 1.29 is 9.59 Å². The Hall–Kier alpha value is -3.78. The molecule has 0 aliphatic rings. The van der Waals surface area contributed by atoms with E-state index in [-0.39, 0.29) is 16.1 Å². The molecule has 0 spiro atoms. The lowest BCUT2D eigenvalue weighted by Gasteiger charge is -2.08. The van der Waals surface area contributed by atoms with E-state index in [0.717, 1.165) is 23.3 Å². The predicted octanol–water partition coefficient (Wildman–Crippen LogP) is 4.52. The Morgan fingerprint density at radius 3 is 2.31 bits per heavy atom. The van der Waals surface area contributed by atoms with Gasteiger partial charge >= 0.3 is 0 Å². The average Bonchev–Trinajstić information content (AvgIpc) is 3.17. The van der Waals surface area contributed by atoms with Gasteiger partial charge in [0.05, 0.1) is 0 Å². The van der Waals surface area contributed by atoms with Crippen LogP contribution in [-0.2, 0) is 6.42 Å². The van der Waals surface area contributed by atoms with Crippen LogP contribution in [0.5, 0.6) is 0 Å². The summed E-state index contributed by atoms with van der Waals surface area (Å²) in [6, 6.07) is 17.6. The number of fused-ring (bicyclic) bond motifs is 1. The second-order valence-corrected chi connectivity index (χ2v) is 8.35. The monoisotopic (exact) mass is 446 g/mol. The molecule has 2 aromatic carbocycles. The molecule has 0 saturated heterocycles. The van der Waals surface area contributed by atoms with Crippen LogP contribution in [0.3, 0.4) is 0 Å². The Bertz CT molecular complexity index is 1340. The van der Waals surface area contributed by atoms with Crippen LogP contribution in [0, 0.1) is 6.92 Å². The van der Waals surface area contributed by atoms with Gasteiger partial charge < -0.3 is 10.6 Å². The fourth-order valence-corrected chi connectivity index (χ4v) is 4.34. The van der Waals surface area contributed by atoms with E-state index in [2.05, 4.69) is 15.6 Å². The number of thiazole rings is 1. The zero-order valence-corrected chi connectivity index (χ0v) is 18.5. The van der Waals surface area contributed by atoms with Crippen LogP contribution in [0.15, 0.2) is 65.5 Å². The van der Waals surface area contributed by atoms with E-state index in [0.29, 0.717) is 28.5 Å². The third-order valence-corrected chi connectivity index (χ3v) is 5.88. The number of rotatable bonds is 6. The maximum absolute atomic E-state index is 13.2. The summed E-state index contributed by atoms with van der Waals surface area (Å²) in [5.74, 6) is -1.03. The fourth-order valence-electron chi connectivity index (χ4n) is 3.30. The van der Waals surface area contributed by atoms with Crippen LogP contribution in [0.25, 0.3) is 4.96 Å². The highest BCUT2D eigenvalue weighted by molar-refractivity contribution is 7.19. The quantitative estimate of drug-likeness (QED) is 0.455. The first-order valence-electron chi connectivity index (χ1n) is 10.3. The number of nitrogens with zero attached hydrogens (tertiary/aromatic N) is 2. The van der Waals surface area contributed by atoms with Crippen LogP contribution in [0.1, 0.15) is 44.8 Å². The second-order valence-electron chi connectivity index (χ2n) is 7.37. The number of nitrogens with one attached hydrogen (secondary N) is 2. The van der Waals surface area contributed by atoms with Crippen molar-refractivity contribution in [2.24, 2.45) is 0 Å². The van der Waals surface area contributed by atoms with Crippen LogP contribution < -0.4 is 16.2 Å². The molecule has 0 saturated carbocycles. The minimum Gasteiger partial charge on any atom is -0.321 e. The number of benzene rings is 2. The zero-order chi connectivity index (χ0) is 22.7. The molecule has 2 N–H and O–H groups in total. The zero-order valence-electron chi connectivity index (χ0n) is 17.7. The van der Waals surface area contributed by atoms with Gasteiger partial charge in [0.1, 0.15) is 10.6 Å². The first-order chi connectivity index (χ1) is 15.5. The number of hydrogen-bond donors (Lipinski definition) is 2. The molecular weight excluding hydrogens is 424 g/mol. The number of carbonyl (C=O) groups excluding carboxylic acids is 2. The summed E-state index contributed by atoms with van der Waals surface area (Å²) < 4.78 is 1.22. The Morgan fingerprint density at radius 2 is 1.62 bits per heavy atom. The Kier molecular flexibility index (Phi) is 6.13. The largest absolute Gasteiger partial charge is 0.321 e. The Labute approximate surface area is 188 Å². The second kappa shape index (κ2) is 9.15. The molecule has 0 aliphatic heterocycles. The van der Waals surface area contributed by atoms with Crippen molar-refractivity contribution in [2.75, 3.05) is 10.6 Å². The lowest BCUT2D eigenvalue weighted by molar-refractivity contribution is 0.0989. The summed E-state index contributed by atoms with van der Waals surface area (Å²) in [5, 5.41) is 5.58. The van der Waals surface area contributed by atoms with Crippen LogP contribution >= 0.6 is 11.3 Å². The third kappa shape index (κ3) is 4.45. The molecule has 2 amide bonds. The fraction of sp³-hybridized carbons (Fsp3) is 0.167. The topological polar surface area (TPSA) is 92.6 Å². The average molecular weight is 447 g/mol. The lowest BCUT2D eigenvalue weighted by atomic mass is 10.2. The Balaban J connectivity index is 1.80. The number of anilines is 2. The predicted molar refractivity (Wildman–Crippen MR) is 127 cm³/mol. The summed E-state index contributed by atoms with van der Waals surface area (Å²) in [5.41, 5.74) is 2.43. The highest BCUT2D eigenvalue weighted by Crippen LogP contribution is 2.24. The van der Waals surface area contributed by atoms with E-state index >= 15 is 0 Å². The first kappa shape index (κ1) is 21.5. The van der Waals surface area contributed by atoms with E-state index in [1.165, 1.54) is 10.5 Å². The molecule has 2 aromatic heterocycles. The van der Waals surface area contributed by atoms with Crippen molar-refractivity contribution in [2.45, 2.75) is 26.7 Å². The standard InChI is InChI=1S/C24H22N4O3S/c1-3-7-18-14-19(29)28-20(22(30)25-17-12-10-15(2)11-13-17)21(32-24(28)27-18)23(31)26-16-8-5-4-6-9-16/h4-6,8-14H,3,7H2,1-2H3,(H,25,30)(H,26,31). The summed E-state index contributed by atoms with van der Waals surface area (Å²) in [6.07, 6.45) is 1.47. The molecule has 0 unspecified atom stereocenters. The summed E-state index contributed by atoms with van der Waals surface area (Å²) >= 11 is 1.03. The minimum atomic E-state index is -0.551. The van der Waals surface area contributed by atoms with E-state index in [1.54, 1.807) is 36.4 Å². The van der Waals surface area contributed by atoms with Crippen molar-refractivity contribution >= 4 is 39.5 Å². The highest BCUT2D eigenvalue weighted by atomic mass is 32.1. The van der Waals surface area contributed by atoms with E-state index in [4.69, 9.17) is 0 Å². The highest BCUT2D eigenvalue weighted by Gasteiger charge is 2.26. The molecule has 4 rings (SSSR count). The molecule has 4 aromatic rings. The molecular formula is C24H22N4O3S. The van der Waals surface area contributed by atoms with Crippen molar-refractivity contribution in [1.29, 1.82) is 0 Å². The molecule has 0 atom stereocenters. The molecule has 0 bridgehead atoms. The van der Waals surface area contributed by atoms with Crippen molar-refractivity contribution in [3.8, 4) is 0 Å². The smallest absolute Gasteiger partial charge is 0.274 e. The molecule has 8 heteroatoms. The van der Waals surface area contributed by atoms with Crippen molar-refractivity contribution in [1.82, 2.24) is 9.38 Å². The summed E-state index contributed by atoms with van der Waals surface area (Å²) in [6.45, 7) is 3.94. The van der Waals surface area contributed by atoms with Gasteiger partial charge in [0.25, 0.3) is 17.4 Å². The summed E-state index contributed by atoms with van der Waals surface area (Å²) in [7, 11) is 0. The number of amides is 2. The van der Waals surface area contributed by atoms with Gasteiger partial charge in [0, 0.05) is 23.1 Å². The van der Waals surface area contributed by atoms with E-state index in [1.807, 2.05) is 32.0 Å². The lowest BCUT2D eigenvalue weighted by Crippen LogP contribution is -2.25. The van der Waals surface area contributed by atoms with E-state index < -0.39 is 11.8 Å². The minimum absolute atomic E-state index is 0.0282. The van der Waals surface area contributed by atoms with Gasteiger partial charge in [0.2, 0.25) is 0 Å².